The van der Waals surface area contributed by atoms with Crippen LogP contribution in [0.4, 0.5) is 0 Å². The summed E-state index contributed by atoms with van der Waals surface area (Å²) < 4.78 is 24.3. The Labute approximate surface area is 108 Å². The van der Waals surface area contributed by atoms with E-state index in [0.717, 1.165) is 0 Å². The molecule has 0 spiro atoms. The molecule has 5 atom stereocenters. The van der Waals surface area contributed by atoms with Gasteiger partial charge in [-0.1, -0.05) is 0 Å². The van der Waals surface area contributed by atoms with Crippen LogP contribution in [0, 0.1) is 5.41 Å². The summed E-state index contributed by atoms with van der Waals surface area (Å²) in [6, 6.07) is 0. The van der Waals surface area contributed by atoms with Gasteiger partial charge in [0.25, 0.3) is 6.47 Å². The van der Waals surface area contributed by atoms with Gasteiger partial charge in [0, 0.05) is 11.8 Å². The Bertz CT molecular complexity index is 402. The highest BCUT2D eigenvalue weighted by Crippen LogP contribution is 2.74. The number of fused-ring (bicyclic) bond motifs is 3. The van der Waals surface area contributed by atoms with Crippen molar-refractivity contribution in [2.75, 3.05) is 13.2 Å². The molecule has 2 saturated carbocycles. The minimum atomic E-state index is -1.02. The zero-order chi connectivity index (χ0) is 13.9. The average Bonchev–Trinajstić information content (AvgIpc) is 2.67. The number of carbonyl (C=O) groups is 1. The lowest BCUT2D eigenvalue weighted by Gasteiger charge is -2.29. The van der Waals surface area contributed by atoms with E-state index >= 15 is 0 Å². The molecule has 0 amide bonds. The Balaban J connectivity index is 1.88. The smallest absolute Gasteiger partial charge is 0.293 e. The summed E-state index contributed by atoms with van der Waals surface area (Å²) in [4.78, 5) is 10.4. The molecule has 5 nitrogen and oxygen atoms in total. The SMILES string of the molecule is [3H][C@H]1C[C@@]2(O)C[C@]3(COC=O)C[C@]3(OC(C)C)[C@H]2O1. The van der Waals surface area contributed by atoms with Crippen molar-refractivity contribution in [1.82, 2.24) is 0 Å². The van der Waals surface area contributed by atoms with Gasteiger partial charge in [0.1, 0.15) is 11.7 Å². The topological polar surface area (TPSA) is 65.0 Å². The van der Waals surface area contributed by atoms with E-state index in [0.29, 0.717) is 25.7 Å². The van der Waals surface area contributed by atoms with E-state index in [9.17, 15) is 9.90 Å². The molecule has 1 heterocycles. The van der Waals surface area contributed by atoms with E-state index in [1.165, 1.54) is 0 Å². The van der Waals surface area contributed by atoms with Crippen molar-refractivity contribution in [3.05, 3.63) is 0 Å². The zero-order valence-corrected chi connectivity index (χ0v) is 10.7. The molecule has 1 saturated heterocycles. The highest BCUT2D eigenvalue weighted by atomic mass is 16.6. The summed E-state index contributed by atoms with van der Waals surface area (Å²) >= 11 is 0. The summed E-state index contributed by atoms with van der Waals surface area (Å²) in [5, 5.41) is 10.7. The van der Waals surface area contributed by atoms with Crippen LogP contribution in [0.15, 0.2) is 0 Å². The van der Waals surface area contributed by atoms with E-state index in [2.05, 4.69) is 0 Å². The molecule has 18 heavy (non-hydrogen) atoms. The monoisotopic (exact) mass is 258 g/mol. The fraction of sp³-hybridized carbons (Fsp3) is 0.923. The molecule has 0 aromatic heterocycles. The summed E-state index contributed by atoms with van der Waals surface area (Å²) in [6.45, 7) is 3.84. The Morgan fingerprint density at radius 1 is 1.61 bits per heavy atom. The lowest BCUT2D eigenvalue weighted by atomic mass is 9.91. The second-order valence-electron chi connectivity index (χ2n) is 6.09. The Morgan fingerprint density at radius 2 is 2.39 bits per heavy atom. The van der Waals surface area contributed by atoms with Gasteiger partial charge in [0.15, 0.2) is 0 Å². The van der Waals surface area contributed by atoms with E-state index in [-0.39, 0.29) is 18.1 Å². The molecular formula is C13H20O5. The average molecular weight is 258 g/mol. The van der Waals surface area contributed by atoms with Gasteiger partial charge in [-0.05, 0) is 26.7 Å². The standard InChI is InChI=1S/C13H20O5/c1-9(2)18-13-6-11(13,7-16-8-14)5-12(15)3-4-17-10(12)13/h8-10,15H,3-7H2,1-2H3/t10-,11+,12+,13-/m0/s1/i4T/t4-,10-,11+,12+,13-. The number of hydrogen-bond donors (Lipinski definition) is 1. The van der Waals surface area contributed by atoms with Crippen LogP contribution >= 0.6 is 0 Å². The van der Waals surface area contributed by atoms with Gasteiger partial charge in [-0.25, -0.2) is 0 Å². The van der Waals surface area contributed by atoms with Crippen LogP contribution in [0.5, 0.6) is 0 Å². The molecule has 2 aliphatic carbocycles. The fourth-order valence-corrected chi connectivity index (χ4v) is 3.93. The van der Waals surface area contributed by atoms with Crippen molar-refractivity contribution in [3.63, 3.8) is 0 Å². The first kappa shape index (κ1) is 11.2. The van der Waals surface area contributed by atoms with Gasteiger partial charge in [-0.2, -0.15) is 0 Å². The first-order chi connectivity index (χ1) is 8.87. The van der Waals surface area contributed by atoms with Crippen LogP contribution in [0.3, 0.4) is 0 Å². The molecule has 0 bridgehead atoms. The van der Waals surface area contributed by atoms with Gasteiger partial charge in [-0.3, -0.25) is 4.79 Å². The minimum Gasteiger partial charge on any atom is -0.467 e. The van der Waals surface area contributed by atoms with Crippen molar-refractivity contribution in [1.29, 1.82) is 0 Å². The maximum absolute atomic E-state index is 10.7. The molecule has 0 radical (unpaired) electrons. The van der Waals surface area contributed by atoms with Crippen LogP contribution in [0.25, 0.3) is 0 Å². The molecular weight excluding hydrogens is 236 g/mol. The normalized spacial score (nSPS) is 53.9. The molecule has 0 unspecified atom stereocenters. The second kappa shape index (κ2) is 3.68. The predicted molar refractivity (Wildman–Crippen MR) is 61.9 cm³/mol. The molecule has 3 fully saturated rings. The maximum atomic E-state index is 10.7. The first-order valence-electron chi connectivity index (χ1n) is 6.98. The molecule has 3 rings (SSSR count). The van der Waals surface area contributed by atoms with E-state index in [1.807, 2.05) is 13.8 Å². The van der Waals surface area contributed by atoms with E-state index in [1.54, 1.807) is 0 Å². The van der Waals surface area contributed by atoms with Crippen LogP contribution in [0.2, 0.25) is 0 Å². The molecule has 1 N–H and O–H groups in total. The molecule has 102 valence electrons. The molecule has 0 aromatic rings. The van der Waals surface area contributed by atoms with Crippen LogP contribution in [0.1, 0.15) is 34.5 Å². The van der Waals surface area contributed by atoms with Gasteiger partial charge >= 0.3 is 0 Å². The predicted octanol–water partition coefficient (Wildman–Crippen LogP) is 0.637. The minimum absolute atomic E-state index is 0.00570. The lowest BCUT2D eigenvalue weighted by molar-refractivity contribution is -0.137. The molecule has 5 heteroatoms. The van der Waals surface area contributed by atoms with Crippen LogP contribution in [-0.4, -0.2) is 48.2 Å². The Kier molecular flexibility index (Phi) is 2.29. The number of ether oxygens (including phenoxy) is 3. The largest absolute Gasteiger partial charge is 0.467 e. The summed E-state index contributed by atoms with van der Waals surface area (Å²) in [7, 11) is 0. The molecule has 0 aromatic carbocycles. The van der Waals surface area contributed by atoms with Crippen LogP contribution < -0.4 is 0 Å². The summed E-state index contributed by atoms with van der Waals surface area (Å²) in [5.74, 6) is 0. The summed E-state index contributed by atoms with van der Waals surface area (Å²) in [6.07, 6.45) is 0.991. The van der Waals surface area contributed by atoms with Crippen molar-refractivity contribution >= 4 is 6.47 Å². The van der Waals surface area contributed by atoms with E-state index < -0.39 is 23.9 Å². The fourth-order valence-electron chi connectivity index (χ4n) is 3.93. The quantitative estimate of drug-likeness (QED) is 0.733. The second-order valence-corrected chi connectivity index (χ2v) is 6.09. The van der Waals surface area contributed by atoms with Crippen molar-refractivity contribution in [3.8, 4) is 0 Å². The zero-order valence-electron chi connectivity index (χ0n) is 11.7. The Morgan fingerprint density at radius 3 is 3.06 bits per heavy atom. The number of hydrogen-bond acceptors (Lipinski definition) is 5. The maximum Gasteiger partial charge on any atom is 0.293 e. The van der Waals surface area contributed by atoms with E-state index in [4.69, 9.17) is 15.6 Å². The summed E-state index contributed by atoms with van der Waals surface area (Å²) in [5.41, 5.74) is -1.97. The Hall–Kier alpha value is -0.650. The number of carbonyl (C=O) groups excluding carboxylic acids is 1. The first-order valence-corrected chi connectivity index (χ1v) is 6.41. The van der Waals surface area contributed by atoms with Crippen LogP contribution in [-0.2, 0) is 19.0 Å². The van der Waals surface area contributed by atoms with Crippen molar-refractivity contribution in [2.24, 2.45) is 5.41 Å². The van der Waals surface area contributed by atoms with Gasteiger partial charge < -0.3 is 19.3 Å². The number of aliphatic hydroxyl groups is 1. The third kappa shape index (κ3) is 1.41. The molecule has 3 aliphatic rings. The third-order valence-electron chi connectivity index (χ3n) is 4.47. The highest BCUT2D eigenvalue weighted by Gasteiger charge is 2.84. The molecule has 1 aliphatic heterocycles. The highest BCUT2D eigenvalue weighted by molar-refractivity contribution is 5.39. The van der Waals surface area contributed by atoms with Gasteiger partial charge in [-0.15, -0.1) is 0 Å². The van der Waals surface area contributed by atoms with Crippen molar-refractivity contribution in [2.45, 2.75) is 56.5 Å². The van der Waals surface area contributed by atoms with Crippen molar-refractivity contribution < 1.29 is 25.5 Å². The number of rotatable bonds is 5. The van der Waals surface area contributed by atoms with Gasteiger partial charge in [0.05, 0.1) is 26.3 Å². The van der Waals surface area contributed by atoms with Gasteiger partial charge in [0.2, 0.25) is 0 Å². The third-order valence-corrected chi connectivity index (χ3v) is 4.47. The lowest BCUT2D eigenvalue weighted by Crippen LogP contribution is -2.44.